The molecule has 0 radical (unpaired) electrons. The predicted octanol–water partition coefficient (Wildman–Crippen LogP) is 3.03. The van der Waals surface area contributed by atoms with Crippen LogP contribution in [0.15, 0.2) is 30.7 Å². The highest BCUT2D eigenvalue weighted by Crippen LogP contribution is 2.34. The van der Waals surface area contributed by atoms with Gasteiger partial charge in [0.2, 0.25) is 5.95 Å². The molecular formula is C24H30FN7O2. The second-order valence-electron chi connectivity index (χ2n) is 9.26. The lowest BCUT2D eigenvalue weighted by Crippen LogP contribution is -2.51. The summed E-state index contributed by atoms with van der Waals surface area (Å²) in [5, 5.41) is 15.0. The number of hydrogen-bond acceptors (Lipinski definition) is 9. The molecule has 0 aliphatic carbocycles. The van der Waals surface area contributed by atoms with Crippen LogP contribution < -0.4 is 15.1 Å². The van der Waals surface area contributed by atoms with Gasteiger partial charge in [-0.25, -0.2) is 19.3 Å². The molecule has 5 heterocycles. The van der Waals surface area contributed by atoms with Crippen molar-refractivity contribution in [1.29, 1.82) is 0 Å². The van der Waals surface area contributed by atoms with E-state index < -0.39 is 6.17 Å². The molecule has 2 aliphatic rings. The summed E-state index contributed by atoms with van der Waals surface area (Å²) in [5.41, 5.74) is 1.13. The highest BCUT2D eigenvalue weighted by molar-refractivity contribution is 5.96. The van der Waals surface area contributed by atoms with E-state index in [4.69, 9.17) is 4.74 Å². The number of ether oxygens (including phenoxy) is 1. The molecule has 0 aromatic carbocycles. The molecule has 3 aromatic rings. The minimum absolute atomic E-state index is 0.203. The predicted molar refractivity (Wildman–Crippen MR) is 130 cm³/mol. The standard InChI is InChI=1S/C24H30FN7O2/c1-14(2)17-9-28-23(32-11-15(33)12-32)18-10-27-22(8-16(17)18)29-21-4-6-26-24(30-21)31-7-5-20(34-3)19(25)13-31/h4,6,8-10,14-15,19-20,33H,5,7,11-13H2,1-3H3,(H,26,27,29,30). The van der Waals surface area contributed by atoms with Crippen LogP contribution in [0, 0.1) is 0 Å². The molecule has 9 nitrogen and oxygen atoms in total. The summed E-state index contributed by atoms with van der Waals surface area (Å²) in [6.45, 7) is 6.27. The highest BCUT2D eigenvalue weighted by atomic mass is 19.1. The maximum Gasteiger partial charge on any atom is 0.227 e. The Kier molecular flexibility index (Phi) is 6.18. The molecule has 2 aliphatic heterocycles. The Labute approximate surface area is 198 Å². The summed E-state index contributed by atoms with van der Waals surface area (Å²) < 4.78 is 19.6. The molecule has 2 unspecified atom stereocenters. The normalized spacial score (nSPS) is 21.2. The number of hydrogen-bond donors (Lipinski definition) is 2. The Morgan fingerprint density at radius 1 is 1.09 bits per heavy atom. The molecule has 2 N–H and O–H groups in total. The van der Waals surface area contributed by atoms with Gasteiger partial charge in [-0.1, -0.05) is 13.8 Å². The lowest BCUT2D eigenvalue weighted by molar-refractivity contribution is 0.0194. The molecule has 0 bridgehead atoms. The Bertz CT molecular complexity index is 1170. The molecular weight excluding hydrogens is 437 g/mol. The number of nitrogens with one attached hydrogen (secondary N) is 1. The van der Waals surface area contributed by atoms with Gasteiger partial charge in [0.25, 0.3) is 0 Å². The Hall–Kier alpha value is -3.11. The monoisotopic (exact) mass is 467 g/mol. The van der Waals surface area contributed by atoms with Crippen LogP contribution >= 0.6 is 0 Å². The maximum atomic E-state index is 14.4. The van der Waals surface area contributed by atoms with E-state index >= 15 is 0 Å². The SMILES string of the molecule is COC1CCN(c2nccc(Nc3cc4c(C(C)C)cnc(N5CC(O)C5)c4cn3)n2)CC1F. The number of aliphatic hydroxyl groups excluding tert-OH is 1. The van der Waals surface area contributed by atoms with Crippen LogP contribution in [-0.2, 0) is 4.74 Å². The molecule has 180 valence electrons. The summed E-state index contributed by atoms with van der Waals surface area (Å²) >= 11 is 0. The van der Waals surface area contributed by atoms with Crippen LogP contribution in [-0.4, -0.2) is 76.7 Å². The van der Waals surface area contributed by atoms with Gasteiger partial charge < -0.3 is 25.0 Å². The van der Waals surface area contributed by atoms with E-state index in [1.165, 1.54) is 0 Å². The molecule has 3 aromatic heterocycles. The number of rotatable bonds is 6. The number of β-amino-alcohol motifs (C(OH)–C–C–N with tert-alkyl or cyclic N) is 1. The summed E-state index contributed by atoms with van der Waals surface area (Å²) in [5.74, 6) is 2.85. The van der Waals surface area contributed by atoms with Crippen LogP contribution in [0.4, 0.5) is 27.8 Å². The van der Waals surface area contributed by atoms with Crippen LogP contribution in [0.5, 0.6) is 0 Å². The van der Waals surface area contributed by atoms with Crippen LogP contribution in [0.25, 0.3) is 10.8 Å². The number of aromatic nitrogens is 4. The van der Waals surface area contributed by atoms with Gasteiger partial charge in [-0.15, -0.1) is 0 Å². The number of methoxy groups -OCH3 is 1. The van der Waals surface area contributed by atoms with Crippen LogP contribution in [0.3, 0.4) is 0 Å². The number of pyridine rings is 2. The third-order valence-electron chi connectivity index (χ3n) is 6.53. The maximum absolute atomic E-state index is 14.4. The Morgan fingerprint density at radius 2 is 1.91 bits per heavy atom. The van der Waals surface area contributed by atoms with Gasteiger partial charge in [0.1, 0.15) is 23.6 Å². The number of fused-ring (bicyclic) bond motifs is 1. The molecule has 0 amide bonds. The third-order valence-corrected chi connectivity index (χ3v) is 6.53. The van der Waals surface area contributed by atoms with Crippen molar-refractivity contribution in [1.82, 2.24) is 19.9 Å². The van der Waals surface area contributed by atoms with Crippen LogP contribution in [0.1, 0.15) is 31.7 Å². The molecule has 2 fully saturated rings. The van der Waals surface area contributed by atoms with Gasteiger partial charge in [0.15, 0.2) is 0 Å². The van der Waals surface area contributed by atoms with Gasteiger partial charge in [-0.05, 0) is 35.4 Å². The topological polar surface area (TPSA) is 99.5 Å². The first-order valence-corrected chi connectivity index (χ1v) is 11.7. The van der Waals surface area contributed by atoms with Crippen molar-refractivity contribution in [3.05, 3.63) is 36.3 Å². The first-order chi connectivity index (χ1) is 16.4. The zero-order valence-electron chi connectivity index (χ0n) is 19.6. The first kappa shape index (κ1) is 22.7. The van der Waals surface area contributed by atoms with Gasteiger partial charge >= 0.3 is 0 Å². The number of halogens is 1. The summed E-state index contributed by atoms with van der Waals surface area (Å²) in [7, 11) is 1.54. The van der Waals surface area contributed by atoms with Crippen molar-refractivity contribution in [3.8, 4) is 0 Å². The van der Waals surface area contributed by atoms with Gasteiger partial charge in [-0.3, -0.25) is 0 Å². The summed E-state index contributed by atoms with van der Waals surface area (Å²) in [6.07, 6.45) is 4.22. The van der Waals surface area contributed by atoms with Gasteiger partial charge in [-0.2, -0.15) is 4.98 Å². The van der Waals surface area contributed by atoms with E-state index in [-0.39, 0.29) is 24.7 Å². The zero-order chi connectivity index (χ0) is 23.8. The first-order valence-electron chi connectivity index (χ1n) is 11.7. The molecule has 0 spiro atoms. The Morgan fingerprint density at radius 3 is 2.62 bits per heavy atom. The van der Waals surface area contributed by atoms with Crippen molar-refractivity contribution in [2.75, 3.05) is 48.4 Å². The fourth-order valence-corrected chi connectivity index (χ4v) is 4.58. The largest absolute Gasteiger partial charge is 0.389 e. The lowest BCUT2D eigenvalue weighted by atomic mass is 9.98. The lowest BCUT2D eigenvalue weighted by Gasteiger charge is -2.37. The summed E-state index contributed by atoms with van der Waals surface area (Å²) in [4.78, 5) is 22.1. The smallest absolute Gasteiger partial charge is 0.227 e. The number of aliphatic hydroxyl groups is 1. The molecule has 10 heteroatoms. The number of alkyl halides is 1. The quantitative estimate of drug-likeness (QED) is 0.567. The number of nitrogens with zero attached hydrogens (tertiary/aromatic N) is 6. The van der Waals surface area contributed by atoms with E-state index in [0.29, 0.717) is 43.6 Å². The fourth-order valence-electron chi connectivity index (χ4n) is 4.58. The highest BCUT2D eigenvalue weighted by Gasteiger charge is 2.30. The van der Waals surface area contributed by atoms with Crippen molar-refractivity contribution in [2.45, 2.75) is 44.6 Å². The molecule has 0 saturated carbocycles. The number of anilines is 4. The van der Waals surface area contributed by atoms with Crippen molar-refractivity contribution in [3.63, 3.8) is 0 Å². The average Bonchev–Trinajstić information content (AvgIpc) is 2.81. The van der Waals surface area contributed by atoms with Crippen LogP contribution in [0.2, 0.25) is 0 Å². The summed E-state index contributed by atoms with van der Waals surface area (Å²) in [6, 6.07) is 3.78. The molecule has 2 saturated heterocycles. The zero-order valence-corrected chi connectivity index (χ0v) is 19.6. The van der Waals surface area contributed by atoms with Crippen molar-refractivity contribution < 1.29 is 14.2 Å². The minimum atomic E-state index is -1.08. The fraction of sp³-hybridized carbons (Fsp3) is 0.500. The average molecular weight is 468 g/mol. The molecule has 5 rings (SSSR count). The number of piperidine rings is 1. The second-order valence-corrected chi connectivity index (χ2v) is 9.26. The molecule has 34 heavy (non-hydrogen) atoms. The van der Waals surface area contributed by atoms with Crippen molar-refractivity contribution in [2.24, 2.45) is 0 Å². The Balaban J connectivity index is 1.41. The van der Waals surface area contributed by atoms with Gasteiger partial charge in [0, 0.05) is 50.7 Å². The minimum Gasteiger partial charge on any atom is -0.389 e. The van der Waals surface area contributed by atoms with E-state index in [9.17, 15) is 9.50 Å². The molecule has 2 atom stereocenters. The van der Waals surface area contributed by atoms with E-state index in [2.05, 4.69) is 44.0 Å². The third kappa shape index (κ3) is 4.35. The van der Waals surface area contributed by atoms with E-state index in [0.717, 1.165) is 22.2 Å². The van der Waals surface area contributed by atoms with E-state index in [1.807, 2.05) is 23.4 Å². The second kappa shape index (κ2) is 9.27. The van der Waals surface area contributed by atoms with Crippen molar-refractivity contribution >= 4 is 34.2 Å². The van der Waals surface area contributed by atoms with E-state index in [1.54, 1.807) is 19.4 Å². The van der Waals surface area contributed by atoms with Gasteiger partial charge in [0.05, 0.1) is 18.8 Å².